The van der Waals surface area contributed by atoms with Gasteiger partial charge in [-0.1, -0.05) is 29.8 Å². The average molecular weight is 412 g/mol. The van der Waals surface area contributed by atoms with Crippen LogP contribution in [0.5, 0.6) is 5.75 Å². The maximum atomic E-state index is 11.8. The molecule has 0 atom stereocenters. The zero-order chi connectivity index (χ0) is 17.5. The van der Waals surface area contributed by atoms with Gasteiger partial charge in [-0.3, -0.25) is 20.4 Å². The number of hydrogen-bond donors (Lipinski definition) is 2. The first-order valence-corrected chi connectivity index (χ1v) is 8.32. The molecule has 0 aliphatic heterocycles. The second-order valence-corrected chi connectivity index (χ2v) is 6.41. The molecule has 0 unspecified atom stereocenters. The van der Waals surface area contributed by atoms with E-state index in [-0.39, 0.29) is 18.9 Å². The second-order valence-electron chi connectivity index (χ2n) is 5.12. The number of ether oxygens (including phenoxy) is 1. The molecule has 0 aliphatic carbocycles. The molecule has 2 rings (SSSR count). The van der Waals surface area contributed by atoms with Crippen LogP contribution in [0.3, 0.4) is 0 Å². The predicted molar refractivity (Wildman–Crippen MR) is 95.8 cm³/mol. The molecule has 0 saturated heterocycles. The Morgan fingerprint density at radius 2 is 1.75 bits per heavy atom. The molecule has 5 nitrogen and oxygen atoms in total. The predicted octanol–water partition coefficient (Wildman–Crippen LogP) is 3.18. The minimum atomic E-state index is -0.452. The van der Waals surface area contributed by atoms with Gasteiger partial charge in [0.1, 0.15) is 5.75 Å². The molecule has 126 valence electrons. The van der Waals surface area contributed by atoms with E-state index in [0.29, 0.717) is 10.8 Å². The zero-order valence-electron chi connectivity index (χ0n) is 12.9. The van der Waals surface area contributed by atoms with Crippen LogP contribution in [0.25, 0.3) is 0 Å². The SMILES string of the molecule is Cc1ccc(OCC(=O)NNC(=O)Cc2ccc(Cl)cc2)c(Br)c1. The topological polar surface area (TPSA) is 67.4 Å². The molecule has 7 heteroatoms. The normalized spacial score (nSPS) is 10.1. The van der Waals surface area contributed by atoms with Crippen molar-refractivity contribution >= 4 is 39.3 Å². The fourth-order valence-corrected chi connectivity index (χ4v) is 2.61. The van der Waals surface area contributed by atoms with Crippen molar-refractivity contribution in [1.29, 1.82) is 0 Å². The molecule has 0 aromatic heterocycles. The van der Waals surface area contributed by atoms with Gasteiger partial charge in [0, 0.05) is 5.02 Å². The second kappa shape index (κ2) is 8.70. The lowest BCUT2D eigenvalue weighted by Gasteiger charge is -2.10. The third-order valence-corrected chi connectivity index (χ3v) is 3.94. The van der Waals surface area contributed by atoms with Crippen molar-refractivity contribution in [1.82, 2.24) is 10.9 Å². The summed E-state index contributed by atoms with van der Waals surface area (Å²) < 4.78 is 6.16. The first kappa shape index (κ1) is 18.3. The van der Waals surface area contributed by atoms with Gasteiger partial charge < -0.3 is 4.74 Å². The van der Waals surface area contributed by atoms with E-state index in [1.807, 2.05) is 19.1 Å². The molecule has 0 heterocycles. The number of hydrazine groups is 1. The minimum absolute atomic E-state index is 0.141. The summed E-state index contributed by atoms with van der Waals surface area (Å²) in [4.78, 5) is 23.5. The summed E-state index contributed by atoms with van der Waals surface area (Å²) in [6.07, 6.45) is 0.141. The number of carbonyl (C=O) groups excluding carboxylic acids is 2. The van der Waals surface area contributed by atoms with E-state index in [4.69, 9.17) is 16.3 Å². The molecule has 2 amide bonds. The summed E-state index contributed by atoms with van der Waals surface area (Å²) in [6, 6.07) is 12.5. The summed E-state index contributed by atoms with van der Waals surface area (Å²) in [5.41, 5.74) is 6.53. The van der Waals surface area contributed by atoms with E-state index in [9.17, 15) is 9.59 Å². The minimum Gasteiger partial charge on any atom is -0.483 e. The highest BCUT2D eigenvalue weighted by atomic mass is 79.9. The first-order chi connectivity index (χ1) is 11.4. The van der Waals surface area contributed by atoms with Gasteiger partial charge in [-0.15, -0.1) is 0 Å². The third kappa shape index (κ3) is 5.86. The van der Waals surface area contributed by atoms with Gasteiger partial charge in [0.05, 0.1) is 10.9 Å². The Morgan fingerprint density at radius 3 is 2.42 bits per heavy atom. The third-order valence-electron chi connectivity index (χ3n) is 3.07. The molecule has 2 aromatic carbocycles. The van der Waals surface area contributed by atoms with Crippen molar-refractivity contribution in [2.45, 2.75) is 13.3 Å². The van der Waals surface area contributed by atoms with Crippen molar-refractivity contribution in [2.75, 3.05) is 6.61 Å². The van der Waals surface area contributed by atoms with E-state index >= 15 is 0 Å². The number of aryl methyl sites for hydroxylation is 1. The summed E-state index contributed by atoms with van der Waals surface area (Å²) in [5.74, 6) is -0.225. The van der Waals surface area contributed by atoms with Crippen LogP contribution in [-0.4, -0.2) is 18.4 Å². The Morgan fingerprint density at radius 1 is 1.08 bits per heavy atom. The van der Waals surface area contributed by atoms with Crippen molar-refractivity contribution in [3.8, 4) is 5.75 Å². The number of benzene rings is 2. The molecule has 0 aliphatic rings. The number of halogens is 2. The Bertz CT molecular complexity index is 735. The molecule has 0 radical (unpaired) electrons. The fraction of sp³-hybridized carbons (Fsp3) is 0.176. The molecule has 2 aromatic rings. The van der Waals surface area contributed by atoms with Gasteiger partial charge >= 0.3 is 0 Å². The largest absolute Gasteiger partial charge is 0.483 e. The van der Waals surface area contributed by atoms with E-state index in [0.717, 1.165) is 15.6 Å². The van der Waals surface area contributed by atoms with Gasteiger partial charge in [0.25, 0.3) is 5.91 Å². The highest BCUT2D eigenvalue weighted by Crippen LogP contribution is 2.25. The smallest absolute Gasteiger partial charge is 0.276 e. The van der Waals surface area contributed by atoms with E-state index < -0.39 is 5.91 Å². The van der Waals surface area contributed by atoms with Crippen LogP contribution in [0.4, 0.5) is 0 Å². The fourth-order valence-electron chi connectivity index (χ4n) is 1.87. The lowest BCUT2D eigenvalue weighted by Crippen LogP contribution is -2.44. The molecule has 2 N–H and O–H groups in total. The van der Waals surface area contributed by atoms with Crippen LogP contribution >= 0.6 is 27.5 Å². The van der Waals surface area contributed by atoms with E-state index in [1.165, 1.54) is 0 Å². The van der Waals surface area contributed by atoms with Crippen LogP contribution in [0, 0.1) is 6.92 Å². The Balaban J connectivity index is 1.74. The van der Waals surface area contributed by atoms with Gasteiger partial charge in [-0.2, -0.15) is 0 Å². The number of hydrogen-bond acceptors (Lipinski definition) is 3. The zero-order valence-corrected chi connectivity index (χ0v) is 15.3. The van der Waals surface area contributed by atoms with Gasteiger partial charge in [-0.05, 0) is 58.2 Å². The first-order valence-electron chi connectivity index (χ1n) is 7.15. The maximum Gasteiger partial charge on any atom is 0.276 e. The quantitative estimate of drug-likeness (QED) is 0.743. The molecular weight excluding hydrogens is 396 g/mol. The summed E-state index contributed by atoms with van der Waals surface area (Å²) in [6.45, 7) is 1.75. The lowest BCUT2D eigenvalue weighted by molar-refractivity contribution is -0.129. The van der Waals surface area contributed by atoms with Crippen LogP contribution in [-0.2, 0) is 16.0 Å². The summed E-state index contributed by atoms with van der Waals surface area (Å²) >= 11 is 9.15. The highest BCUT2D eigenvalue weighted by molar-refractivity contribution is 9.10. The maximum absolute atomic E-state index is 11.8. The van der Waals surface area contributed by atoms with Crippen molar-refractivity contribution in [3.63, 3.8) is 0 Å². The lowest BCUT2D eigenvalue weighted by atomic mass is 10.1. The van der Waals surface area contributed by atoms with Crippen LogP contribution < -0.4 is 15.6 Å². The van der Waals surface area contributed by atoms with Crippen LogP contribution in [0.15, 0.2) is 46.9 Å². The molecule has 0 bridgehead atoms. The van der Waals surface area contributed by atoms with E-state index in [2.05, 4.69) is 26.8 Å². The Labute approximate surface area is 153 Å². The average Bonchev–Trinajstić information content (AvgIpc) is 2.54. The Hall–Kier alpha value is -2.05. The monoisotopic (exact) mass is 410 g/mol. The molecule has 0 fully saturated rings. The van der Waals surface area contributed by atoms with Gasteiger partial charge in [-0.25, -0.2) is 0 Å². The highest BCUT2D eigenvalue weighted by Gasteiger charge is 2.08. The van der Waals surface area contributed by atoms with Gasteiger partial charge in [0.2, 0.25) is 5.91 Å². The molecular formula is C17H16BrClN2O3. The van der Waals surface area contributed by atoms with Crippen molar-refractivity contribution in [3.05, 3.63) is 63.1 Å². The molecule has 0 saturated carbocycles. The van der Waals surface area contributed by atoms with Crippen molar-refractivity contribution in [2.24, 2.45) is 0 Å². The Kier molecular flexibility index (Phi) is 6.63. The molecule has 0 spiro atoms. The molecule has 24 heavy (non-hydrogen) atoms. The number of rotatable bonds is 5. The number of amides is 2. The van der Waals surface area contributed by atoms with Crippen LogP contribution in [0.1, 0.15) is 11.1 Å². The number of nitrogens with one attached hydrogen (secondary N) is 2. The summed E-state index contributed by atoms with van der Waals surface area (Å²) in [7, 11) is 0. The van der Waals surface area contributed by atoms with E-state index in [1.54, 1.807) is 30.3 Å². The van der Waals surface area contributed by atoms with Crippen LogP contribution in [0.2, 0.25) is 5.02 Å². The van der Waals surface area contributed by atoms with Gasteiger partial charge in [0.15, 0.2) is 6.61 Å². The van der Waals surface area contributed by atoms with Crippen molar-refractivity contribution < 1.29 is 14.3 Å². The number of carbonyl (C=O) groups is 2. The summed E-state index contributed by atoms with van der Waals surface area (Å²) in [5, 5.41) is 0.604. The standard InChI is InChI=1S/C17H16BrClN2O3/c1-11-2-7-15(14(18)8-11)24-10-17(23)21-20-16(22)9-12-3-5-13(19)6-4-12/h2-8H,9-10H2,1H3,(H,20,22)(H,21,23).